The van der Waals surface area contributed by atoms with Crippen LogP contribution in [0.25, 0.3) is 0 Å². The van der Waals surface area contributed by atoms with Crippen LogP contribution >= 0.6 is 0 Å². The zero-order chi connectivity index (χ0) is 18.6. The zero-order valence-electron chi connectivity index (χ0n) is 15.3. The van der Waals surface area contributed by atoms with E-state index in [1.807, 2.05) is 29.2 Å². The van der Waals surface area contributed by atoms with E-state index in [2.05, 4.69) is 6.92 Å². The highest BCUT2D eigenvalue weighted by molar-refractivity contribution is 5.76. The minimum absolute atomic E-state index is 0.216. The van der Waals surface area contributed by atoms with Crippen molar-refractivity contribution in [3.8, 4) is 11.5 Å². The molecule has 0 unspecified atom stereocenters. The van der Waals surface area contributed by atoms with Gasteiger partial charge < -0.3 is 15.1 Å². The smallest absolute Gasteiger partial charge is 0.222 e. The molecule has 4 nitrogen and oxygen atoms in total. The molecule has 4 heteroatoms. The van der Waals surface area contributed by atoms with Crippen molar-refractivity contribution in [2.45, 2.75) is 44.4 Å². The Balaban J connectivity index is 1.84. The van der Waals surface area contributed by atoms with Crippen molar-refractivity contribution >= 4 is 5.91 Å². The average Bonchev–Trinajstić information content (AvgIpc) is 2.67. The molecule has 1 aliphatic rings. The third-order valence-corrected chi connectivity index (χ3v) is 5.56. The van der Waals surface area contributed by atoms with Crippen molar-refractivity contribution < 1.29 is 15.0 Å². The van der Waals surface area contributed by atoms with Crippen LogP contribution in [-0.2, 0) is 10.2 Å². The van der Waals surface area contributed by atoms with Crippen molar-refractivity contribution in [1.82, 2.24) is 4.90 Å². The number of nitrogens with zero attached hydrogens (tertiary/aromatic N) is 1. The molecule has 2 N–H and O–H groups in total. The lowest BCUT2D eigenvalue weighted by Crippen LogP contribution is -2.36. The van der Waals surface area contributed by atoms with Crippen molar-refractivity contribution in [2.24, 2.45) is 0 Å². The molecule has 0 bridgehead atoms. The molecule has 1 aliphatic heterocycles. The number of benzene rings is 2. The fourth-order valence-electron chi connectivity index (χ4n) is 3.77. The normalized spacial score (nSPS) is 15.0. The third-order valence-electron chi connectivity index (χ3n) is 5.56. The van der Waals surface area contributed by atoms with Gasteiger partial charge in [-0.2, -0.15) is 0 Å². The summed E-state index contributed by atoms with van der Waals surface area (Å²) in [5.74, 6) is 0.672. The van der Waals surface area contributed by atoms with Crippen LogP contribution in [0.1, 0.15) is 50.2 Å². The number of phenolic OH excluding ortho intramolecular Hbond substituents is 2. The van der Waals surface area contributed by atoms with Crippen molar-refractivity contribution in [2.75, 3.05) is 13.1 Å². The first kappa shape index (κ1) is 18.3. The molecule has 1 saturated heterocycles. The van der Waals surface area contributed by atoms with Crippen molar-refractivity contribution in [1.29, 1.82) is 0 Å². The summed E-state index contributed by atoms with van der Waals surface area (Å²) >= 11 is 0. The molecule has 1 amide bonds. The molecule has 2 aromatic rings. The molecule has 1 heterocycles. The van der Waals surface area contributed by atoms with Gasteiger partial charge in [0.15, 0.2) is 0 Å². The van der Waals surface area contributed by atoms with Gasteiger partial charge in [0.25, 0.3) is 0 Å². The molecule has 138 valence electrons. The Hall–Kier alpha value is -2.49. The van der Waals surface area contributed by atoms with Crippen LogP contribution in [0, 0.1) is 0 Å². The first-order valence-corrected chi connectivity index (χ1v) is 9.36. The topological polar surface area (TPSA) is 60.8 Å². The number of carbonyl (C=O) groups is 1. The summed E-state index contributed by atoms with van der Waals surface area (Å²) in [6.45, 7) is 3.86. The van der Waals surface area contributed by atoms with Crippen LogP contribution < -0.4 is 0 Å². The number of aromatic hydroxyl groups is 2. The third kappa shape index (κ3) is 4.01. The van der Waals surface area contributed by atoms with Gasteiger partial charge in [-0.15, -0.1) is 0 Å². The summed E-state index contributed by atoms with van der Waals surface area (Å²) in [4.78, 5) is 14.6. The van der Waals surface area contributed by atoms with Crippen LogP contribution in [0.4, 0.5) is 0 Å². The summed E-state index contributed by atoms with van der Waals surface area (Å²) in [5, 5.41) is 19.2. The molecule has 1 fully saturated rings. The lowest BCUT2D eigenvalue weighted by Gasteiger charge is -2.33. The van der Waals surface area contributed by atoms with Gasteiger partial charge in [0.1, 0.15) is 11.5 Å². The molecule has 0 aliphatic carbocycles. The highest BCUT2D eigenvalue weighted by Gasteiger charge is 2.30. The van der Waals surface area contributed by atoms with Crippen LogP contribution in [0.15, 0.2) is 48.5 Å². The van der Waals surface area contributed by atoms with Crippen LogP contribution in [-0.4, -0.2) is 34.1 Å². The number of rotatable bonds is 5. The molecule has 0 spiro atoms. The Morgan fingerprint density at radius 1 is 0.885 bits per heavy atom. The van der Waals surface area contributed by atoms with Crippen molar-refractivity contribution in [3.05, 3.63) is 59.7 Å². The monoisotopic (exact) mass is 353 g/mol. The fraction of sp³-hybridized carbons (Fsp3) is 0.409. The molecule has 26 heavy (non-hydrogen) atoms. The van der Waals surface area contributed by atoms with Crippen molar-refractivity contribution in [3.63, 3.8) is 0 Å². The van der Waals surface area contributed by atoms with E-state index in [1.54, 1.807) is 24.3 Å². The second kappa shape index (κ2) is 7.81. The number of phenols is 2. The minimum Gasteiger partial charge on any atom is -0.508 e. The van der Waals surface area contributed by atoms with Gasteiger partial charge in [-0.3, -0.25) is 4.79 Å². The van der Waals surface area contributed by atoms with E-state index in [1.165, 1.54) is 6.42 Å². The maximum Gasteiger partial charge on any atom is 0.222 e. The predicted molar refractivity (Wildman–Crippen MR) is 102 cm³/mol. The summed E-state index contributed by atoms with van der Waals surface area (Å²) in [6, 6.07) is 14.4. The molecular weight excluding hydrogens is 326 g/mol. The minimum atomic E-state index is -0.368. The quantitative estimate of drug-likeness (QED) is 0.847. The van der Waals surface area contributed by atoms with E-state index < -0.39 is 0 Å². The van der Waals surface area contributed by atoms with Gasteiger partial charge in [-0.25, -0.2) is 0 Å². The van der Waals surface area contributed by atoms with Gasteiger partial charge in [0, 0.05) is 24.9 Å². The largest absolute Gasteiger partial charge is 0.508 e. The van der Waals surface area contributed by atoms with Crippen LogP contribution in [0.2, 0.25) is 0 Å². The number of carbonyl (C=O) groups excluding carboxylic acids is 1. The second-order valence-electron chi connectivity index (χ2n) is 7.37. The second-order valence-corrected chi connectivity index (χ2v) is 7.37. The molecule has 2 aromatic carbocycles. The van der Waals surface area contributed by atoms with Gasteiger partial charge >= 0.3 is 0 Å². The van der Waals surface area contributed by atoms with E-state index >= 15 is 0 Å². The number of hydrogen-bond donors (Lipinski definition) is 2. The molecule has 0 radical (unpaired) electrons. The molecule has 0 aromatic heterocycles. The van der Waals surface area contributed by atoms with Crippen LogP contribution in [0.3, 0.4) is 0 Å². The standard InChI is InChI=1S/C22H27NO3/c1-22(17-5-9-19(24)10-6-17,18-7-11-20(25)12-8-18)14-13-21(26)23-15-3-2-4-16-23/h5-12,24-25H,2-4,13-16H2,1H3. The van der Waals surface area contributed by atoms with E-state index in [0.717, 1.165) is 37.1 Å². The van der Waals surface area contributed by atoms with Gasteiger partial charge in [0.2, 0.25) is 5.91 Å². The molecule has 3 rings (SSSR count). The number of hydrogen-bond acceptors (Lipinski definition) is 3. The Labute approximate surface area is 155 Å². The summed E-state index contributed by atoms with van der Waals surface area (Å²) in [7, 11) is 0. The van der Waals surface area contributed by atoms with Gasteiger partial charge in [0.05, 0.1) is 0 Å². The number of amides is 1. The summed E-state index contributed by atoms with van der Waals surface area (Å²) in [6.07, 6.45) is 4.57. The maximum atomic E-state index is 12.7. The van der Waals surface area contributed by atoms with E-state index in [4.69, 9.17) is 0 Å². The highest BCUT2D eigenvalue weighted by Crippen LogP contribution is 2.38. The molecular formula is C22H27NO3. The average molecular weight is 353 g/mol. The molecule has 0 atom stereocenters. The zero-order valence-corrected chi connectivity index (χ0v) is 15.3. The first-order chi connectivity index (χ1) is 12.5. The highest BCUT2D eigenvalue weighted by atomic mass is 16.3. The lowest BCUT2D eigenvalue weighted by molar-refractivity contribution is -0.132. The Kier molecular flexibility index (Phi) is 5.50. The first-order valence-electron chi connectivity index (χ1n) is 9.36. The van der Waals surface area contributed by atoms with Crippen LogP contribution in [0.5, 0.6) is 11.5 Å². The SMILES string of the molecule is CC(CCC(=O)N1CCCCC1)(c1ccc(O)cc1)c1ccc(O)cc1. The maximum absolute atomic E-state index is 12.7. The molecule has 0 saturated carbocycles. The van der Waals surface area contributed by atoms with E-state index in [-0.39, 0.29) is 22.8 Å². The van der Waals surface area contributed by atoms with Gasteiger partial charge in [-0.1, -0.05) is 31.2 Å². The fourth-order valence-corrected chi connectivity index (χ4v) is 3.77. The Morgan fingerprint density at radius 2 is 1.35 bits per heavy atom. The number of likely N-dealkylation sites (tertiary alicyclic amines) is 1. The lowest BCUT2D eigenvalue weighted by atomic mass is 9.73. The number of piperidine rings is 1. The summed E-state index contributed by atoms with van der Waals surface area (Å²) < 4.78 is 0. The van der Waals surface area contributed by atoms with E-state index in [9.17, 15) is 15.0 Å². The van der Waals surface area contributed by atoms with E-state index in [0.29, 0.717) is 12.8 Å². The predicted octanol–water partition coefficient (Wildman–Crippen LogP) is 4.20. The Morgan fingerprint density at radius 3 is 1.81 bits per heavy atom. The Bertz CT molecular complexity index is 685. The van der Waals surface area contributed by atoms with Gasteiger partial charge in [-0.05, 0) is 61.1 Å². The summed E-state index contributed by atoms with van der Waals surface area (Å²) in [5.41, 5.74) is 1.73.